The van der Waals surface area contributed by atoms with E-state index in [0.29, 0.717) is 29.0 Å². The average Bonchev–Trinajstić information content (AvgIpc) is 3.28. The number of anilines is 1. The zero-order valence-corrected chi connectivity index (χ0v) is 14.9. The van der Waals surface area contributed by atoms with Gasteiger partial charge in [0.1, 0.15) is 5.69 Å². The third-order valence-electron chi connectivity index (χ3n) is 4.32. The minimum atomic E-state index is 0.335. The highest BCUT2D eigenvalue weighted by Crippen LogP contribution is 2.29. The second-order valence-electron chi connectivity index (χ2n) is 6.22. The van der Waals surface area contributed by atoms with E-state index in [0.717, 1.165) is 12.1 Å². The van der Waals surface area contributed by atoms with Gasteiger partial charge in [0.05, 0.1) is 18.2 Å². The van der Waals surface area contributed by atoms with Crippen LogP contribution in [0.15, 0.2) is 77.9 Å². The van der Waals surface area contributed by atoms with Gasteiger partial charge in [0.2, 0.25) is 5.95 Å². The minimum Gasteiger partial charge on any atom is -0.463 e. The predicted octanol–water partition coefficient (Wildman–Crippen LogP) is 4.41. The van der Waals surface area contributed by atoms with Crippen molar-refractivity contribution < 1.29 is 4.42 Å². The van der Waals surface area contributed by atoms with E-state index < -0.39 is 0 Å². The van der Waals surface area contributed by atoms with Gasteiger partial charge in [-0.2, -0.15) is 0 Å². The average molecular weight is 357 g/mol. The van der Waals surface area contributed by atoms with Gasteiger partial charge < -0.3 is 9.73 Å². The molecular formula is C21H19N5O. The zero-order valence-electron chi connectivity index (χ0n) is 14.9. The molecule has 0 saturated carbocycles. The Labute approximate surface area is 157 Å². The number of hydrogen-bond acceptors (Lipinski definition) is 6. The highest BCUT2D eigenvalue weighted by molar-refractivity contribution is 5.76. The molecule has 3 heterocycles. The Kier molecular flexibility index (Phi) is 4.87. The molecule has 6 heteroatoms. The Hall–Kier alpha value is -3.54. The maximum atomic E-state index is 5.57. The second kappa shape index (κ2) is 7.78. The Morgan fingerprint density at radius 2 is 1.89 bits per heavy atom. The van der Waals surface area contributed by atoms with Crippen LogP contribution < -0.4 is 5.32 Å². The normalized spacial score (nSPS) is 11.9. The molecule has 0 saturated heterocycles. The van der Waals surface area contributed by atoms with Crippen LogP contribution in [0.2, 0.25) is 0 Å². The van der Waals surface area contributed by atoms with Crippen LogP contribution in [-0.4, -0.2) is 26.5 Å². The molecule has 27 heavy (non-hydrogen) atoms. The molecule has 0 radical (unpaired) electrons. The first-order chi connectivity index (χ1) is 13.3. The van der Waals surface area contributed by atoms with Crippen LogP contribution in [0.25, 0.3) is 22.7 Å². The van der Waals surface area contributed by atoms with Crippen LogP contribution in [-0.2, 0) is 0 Å². The first kappa shape index (κ1) is 16.9. The zero-order chi connectivity index (χ0) is 18.5. The number of nitrogens with one attached hydrogen (secondary N) is 1. The van der Waals surface area contributed by atoms with Gasteiger partial charge in [-0.3, -0.25) is 9.97 Å². The molecule has 0 aliphatic heterocycles. The quantitative estimate of drug-likeness (QED) is 0.551. The van der Waals surface area contributed by atoms with E-state index in [1.807, 2.05) is 30.3 Å². The fourth-order valence-electron chi connectivity index (χ4n) is 2.84. The van der Waals surface area contributed by atoms with Gasteiger partial charge in [0.25, 0.3) is 0 Å². The van der Waals surface area contributed by atoms with Gasteiger partial charge >= 0.3 is 0 Å². The van der Waals surface area contributed by atoms with Gasteiger partial charge in [0.15, 0.2) is 5.76 Å². The molecule has 6 nitrogen and oxygen atoms in total. The molecule has 0 aliphatic carbocycles. The molecule has 1 unspecified atom stereocenters. The van der Waals surface area contributed by atoms with Gasteiger partial charge in [-0.25, -0.2) is 9.97 Å². The molecule has 134 valence electrons. The van der Waals surface area contributed by atoms with Crippen molar-refractivity contribution >= 4 is 5.95 Å². The fraction of sp³-hybridized carbons (Fsp3) is 0.143. The van der Waals surface area contributed by atoms with Crippen LogP contribution in [0.4, 0.5) is 5.95 Å². The molecule has 0 amide bonds. The van der Waals surface area contributed by atoms with Crippen molar-refractivity contribution in [2.75, 3.05) is 11.9 Å². The van der Waals surface area contributed by atoms with E-state index >= 15 is 0 Å². The molecule has 0 spiro atoms. The number of hydrogen-bond donors (Lipinski definition) is 1. The molecule has 3 aromatic heterocycles. The van der Waals surface area contributed by atoms with E-state index in [4.69, 9.17) is 4.42 Å². The Balaban J connectivity index is 1.61. The van der Waals surface area contributed by atoms with Gasteiger partial charge in [-0.05, 0) is 23.6 Å². The van der Waals surface area contributed by atoms with E-state index in [-0.39, 0.29) is 0 Å². The molecular weight excluding hydrogens is 338 g/mol. The van der Waals surface area contributed by atoms with Crippen LogP contribution in [0.1, 0.15) is 18.4 Å². The fourth-order valence-corrected chi connectivity index (χ4v) is 2.84. The number of furan rings is 1. The van der Waals surface area contributed by atoms with E-state index in [1.54, 1.807) is 31.1 Å². The van der Waals surface area contributed by atoms with Crippen molar-refractivity contribution in [2.45, 2.75) is 12.8 Å². The van der Waals surface area contributed by atoms with E-state index in [1.165, 1.54) is 5.56 Å². The summed E-state index contributed by atoms with van der Waals surface area (Å²) in [6, 6.07) is 14.1. The van der Waals surface area contributed by atoms with E-state index in [9.17, 15) is 0 Å². The first-order valence-electron chi connectivity index (χ1n) is 8.77. The number of rotatable bonds is 6. The summed E-state index contributed by atoms with van der Waals surface area (Å²) in [6.07, 6.45) is 8.36. The molecule has 1 aromatic carbocycles. The Bertz CT molecular complexity index is 988. The molecule has 4 rings (SSSR count). The lowest BCUT2D eigenvalue weighted by molar-refractivity contribution is 0.580. The largest absolute Gasteiger partial charge is 0.463 e. The summed E-state index contributed by atoms with van der Waals surface area (Å²) in [4.78, 5) is 17.6. The van der Waals surface area contributed by atoms with Crippen molar-refractivity contribution in [2.24, 2.45) is 0 Å². The van der Waals surface area contributed by atoms with Crippen molar-refractivity contribution in [1.29, 1.82) is 0 Å². The molecule has 0 fully saturated rings. The second-order valence-corrected chi connectivity index (χ2v) is 6.22. The van der Waals surface area contributed by atoms with Crippen LogP contribution in [0.3, 0.4) is 0 Å². The summed E-state index contributed by atoms with van der Waals surface area (Å²) < 4.78 is 5.57. The summed E-state index contributed by atoms with van der Waals surface area (Å²) in [6.45, 7) is 2.90. The lowest BCUT2D eigenvalue weighted by Gasteiger charge is -2.14. The number of aromatic nitrogens is 4. The van der Waals surface area contributed by atoms with Gasteiger partial charge in [-0.1, -0.05) is 37.3 Å². The minimum absolute atomic E-state index is 0.335. The van der Waals surface area contributed by atoms with Gasteiger partial charge in [-0.15, -0.1) is 0 Å². The Morgan fingerprint density at radius 1 is 1.00 bits per heavy atom. The van der Waals surface area contributed by atoms with Crippen LogP contribution >= 0.6 is 0 Å². The predicted molar refractivity (Wildman–Crippen MR) is 104 cm³/mol. The van der Waals surface area contributed by atoms with E-state index in [2.05, 4.69) is 44.3 Å². The van der Waals surface area contributed by atoms with Crippen molar-refractivity contribution in [3.63, 3.8) is 0 Å². The van der Waals surface area contributed by atoms with Crippen molar-refractivity contribution in [3.8, 4) is 22.7 Å². The smallest absolute Gasteiger partial charge is 0.223 e. The molecule has 0 bridgehead atoms. The standard InChI is InChI=1S/C21H19N5O/c1-15(16-6-3-2-4-7-16)12-24-21-25-13-17(18-14-22-9-10-23-18)20(26-21)19-8-5-11-27-19/h2-11,13-15H,12H2,1H3,(H,24,25,26). The van der Waals surface area contributed by atoms with Crippen molar-refractivity contribution in [3.05, 3.63) is 79.1 Å². The van der Waals surface area contributed by atoms with Gasteiger partial charge in [0, 0.05) is 30.7 Å². The highest BCUT2D eigenvalue weighted by Gasteiger charge is 2.15. The monoisotopic (exact) mass is 357 g/mol. The number of benzene rings is 1. The third-order valence-corrected chi connectivity index (χ3v) is 4.32. The summed E-state index contributed by atoms with van der Waals surface area (Å²) in [7, 11) is 0. The summed E-state index contributed by atoms with van der Waals surface area (Å²) >= 11 is 0. The third kappa shape index (κ3) is 3.84. The topological polar surface area (TPSA) is 76.7 Å². The first-order valence-corrected chi connectivity index (χ1v) is 8.77. The lowest BCUT2D eigenvalue weighted by atomic mass is 10.0. The summed E-state index contributed by atoms with van der Waals surface area (Å²) in [5.41, 5.74) is 3.44. The van der Waals surface area contributed by atoms with Crippen molar-refractivity contribution in [1.82, 2.24) is 19.9 Å². The molecule has 4 aromatic rings. The molecule has 0 aliphatic rings. The maximum Gasteiger partial charge on any atom is 0.223 e. The highest BCUT2D eigenvalue weighted by atomic mass is 16.3. The van der Waals surface area contributed by atoms with Crippen LogP contribution in [0, 0.1) is 0 Å². The lowest BCUT2D eigenvalue weighted by Crippen LogP contribution is -2.12. The Morgan fingerprint density at radius 3 is 2.63 bits per heavy atom. The summed E-state index contributed by atoms with van der Waals surface area (Å²) in [5.74, 6) is 1.55. The molecule has 1 N–H and O–H groups in total. The molecule has 1 atom stereocenters. The SMILES string of the molecule is CC(CNc1ncc(-c2cnccn2)c(-c2ccco2)n1)c1ccccc1. The van der Waals surface area contributed by atoms with Crippen LogP contribution in [0.5, 0.6) is 0 Å². The number of nitrogens with zero attached hydrogens (tertiary/aromatic N) is 4. The maximum absolute atomic E-state index is 5.57. The summed E-state index contributed by atoms with van der Waals surface area (Å²) in [5, 5.41) is 3.32.